The van der Waals surface area contributed by atoms with Gasteiger partial charge in [-0.3, -0.25) is 14.5 Å². The van der Waals surface area contributed by atoms with Gasteiger partial charge in [-0.1, -0.05) is 51.8 Å². The molecule has 6 nitrogen and oxygen atoms in total. The zero-order valence-electron chi connectivity index (χ0n) is 18.6. The summed E-state index contributed by atoms with van der Waals surface area (Å²) in [6.07, 6.45) is 0. The fourth-order valence-electron chi connectivity index (χ4n) is 3.32. The van der Waals surface area contributed by atoms with E-state index in [1.165, 1.54) is 29.2 Å². The normalized spacial score (nSPS) is 13.9. The van der Waals surface area contributed by atoms with Crippen LogP contribution in [0.15, 0.2) is 82.5 Å². The SMILES string of the molecule is C=C=C(OCC)C(=O)c1ccc2c(c1)N(C(=O)C(=C)C(C)(C)C)c1ccccc1S2(=O)=O. The Kier molecular flexibility index (Phi) is 6.00. The van der Waals surface area contributed by atoms with Gasteiger partial charge in [-0.15, -0.1) is 0 Å². The number of para-hydroxylation sites is 1. The van der Waals surface area contributed by atoms with Crippen molar-refractivity contribution in [1.82, 2.24) is 0 Å². The second-order valence-electron chi connectivity index (χ2n) is 8.29. The molecule has 7 heteroatoms. The maximum absolute atomic E-state index is 13.5. The molecule has 0 fully saturated rings. The maximum atomic E-state index is 13.5. The number of ketones is 1. The molecule has 0 saturated heterocycles. The molecule has 0 saturated carbocycles. The molecule has 1 aliphatic heterocycles. The van der Waals surface area contributed by atoms with Gasteiger partial charge in [0.25, 0.3) is 5.91 Å². The average Bonchev–Trinajstić information content (AvgIpc) is 2.75. The van der Waals surface area contributed by atoms with E-state index in [1.54, 1.807) is 25.1 Å². The van der Waals surface area contributed by atoms with Crippen molar-refractivity contribution < 1.29 is 22.7 Å². The lowest BCUT2D eigenvalue weighted by molar-refractivity contribution is -0.115. The molecule has 1 amide bonds. The lowest BCUT2D eigenvalue weighted by atomic mass is 9.86. The number of allylic oxidation sites excluding steroid dienone is 1. The minimum absolute atomic E-state index is 0.0163. The summed E-state index contributed by atoms with van der Waals surface area (Å²) in [6.45, 7) is 15.0. The molecule has 1 heterocycles. The number of ether oxygens (including phenoxy) is 1. The van der Waals surface area contributed by atoms with E-state index >= 15 is 0 Å². The van der Waals surface area contributed by atoms with E-state index < -0.39 is 26.9 Å². The number of fused-ring (bicyclic) bond motifs is 2. The first kappa shape index (κ1) is 23.3. The number of benzene rings is 2. The van der Waals surface area contributed by atoms with Gasteiger partial charge in [-0.25, -0.2) is 8.42 Å². The Morgan fingerprint density at radius 1 is 1.06 bits per heavy atom. The highest BCUT2D eigenvalue weighted by molar-refractivity contribution is 7.92. The van der Waals surface area contributed by atoms with Crippen LogP contribution in [0.1, 0.15) is 38.1 Å². The molecule has 2 aromatic rings. The monoisotopic (exact) mass is 451 g/mol. The predicted octanol–water partition coefficient (Wildman–Crippen LogP) is 4.99. The van der Waals surface area contributed by atoms with Gasteiger partial charge >= 0.3 is 0 Å². The first-order valence-corrected chi connectivity index (χ1v) is 11.5. The number of rotatable bonds is 5. The standard InChI is InChI=1S/C25H25NO5S/c1-7-20(31-8-2)23(27)17-13-14-22-19(15-17)26(24(28)16(3)25(4,5)6)18-11-9-10-12-21(18)32(22,29)30/h9-15H,1,3,8H2,2,4-6H3. The van der Waals surface area contributed by atoms with Crippen LogP contribution in [-0.2, 0) is 19.4 Å². The van der Waals surface area contributed by atoms with Crippen LogP contribution < -0.4 is 4.90 Å². The second kappa shape index (κ2) is 8.26. The van der Waals surface area contributed by atoms with Crippen molar-refractivity contribution in [2.45, 2.75) is 37.5 Å². The fraction of sp³-hybridized carbons (Fsp3) is 0.240. The summed E-state index contributed by atoms with van der Waals surface area (Å²) < 4.78 is 31.9. The quantitative estimate of drug-likeness (QED) is 0.277. The molecule has 0 aromatic heterocycles. The first-order chi connectivity index (χ1) is 14.9. The number of carbonyl (C=O) groups is 2. The predicted molar refractivity (Wildman–Crippen MR) is 123 cm³/mol. The molecule has 0 unspecified atom stereocenters. The molecule has 0 aliphatic carbocycles. The van der Waals surface area contributed by atoms with Crippen LogP contribution in [0, 0.1) is 5.41 Å². The van der Waals surface area contributed by atoms with E-state index in [2.05, 4.69) is 18.9 Å². The van der Waals surface area contributed by atoms with Crippen LogP contribution in [0.5, 0.6) is 0 Å². The molecular weight excluding hydrogens is 426 g/mol. The Bertz CT molecular complexity index is 1290. The van der Waals surface area contributed by atoms with Gasteiger partial charge in [0, 0.05) is 11.1 Å². The van der Waals surface area contributed by atoms with Gasteiger partial charge < -0.3 is 4.74 Å². The van der Waals surface area contributed by atoms with Crippen LogP contribution in [0.2, 0.25) is 0 Å². The number of carbonyl (C=O) groups excluding carboxylic acids is 2. The van der Waals surface area contributed by atoms with Crippen molar-refractivity contribution in [2.75, 3.05) is 11.5 Å². The number of amides is 1. The Balaban J connectivity index is 2.29. The molecule has 0 atom stereocenters. The molecule has 2 aromatic carbocycles. The Labute approximate surface area is 188 Å². The molecule has 0 radical (unpaired) electrons. The van der Waals surface area contributed by atoms with Crippen molar-refractivity contribution in [3.05, 3.63) is 78.2 Å². The number of nitrogens with zero attached hydrogens (tertiary/aromatic N) is 1. The molecule has 0 N–H and O–H groups in total. The molecule has 166 valence electrons. The molecular formula is C25H25NO5S. The Morgan fingerprint density at radius 2 is 1.69 bits per heavy atom. The van der Waals surface area contributed by atoms with E-state index in [1.807, 2.05) is 20.8 Å². The highest BCUT2D eigenvalue weighted by atomic mass is 32.2. The summed E-state index contributed by atoms with van der Waals surface area (Å²) >= 11 is 0. The summed E-state index contributed by atoms with van der Waals surface area (Å²) in [5.74, 6) is -1.04. The van der Waals surface area contributed by atoms with Gasteiger partial charge in [0.05, 0.1) is 27.8 Å². The summed E-state index contributed by atoms with van der Waals surface area (Å²) in [6, 6.07) is 10.4. The highest BCUT2D eigenvalue weighted by Crippen LogP contribution is 2.46. The van der Waals surface area contributed by atoms with Crippen LogP contribution in [0.3, 0.4) is 0 Å². The molecule has 3 rings (SSSR count). The first-order valence-electron chi connectivity index (χ1n) is 10.0. The van der Waals surface area contributed by atoms with Crippen LogP contribution >= 0.6 is 0 Å². The lowest BCUT2D eigenvalue weighted by Crippen LogP contribution is -2.35. The third-order valence-electron chi connectivity index (χ3n) is 5.17. The van der Waals surface area contributed by atoms with Gasteiger partial charge in [0.1, 0.15) is 0 Å². The Hall–Kier alpha value is -3.41. The van der Waals surface area contributed by atoms with Crippen LogP contribution in [0.25, 0.3) is 0 Å². The maximum Gasteiger partial charge on any atom is 0.258 e. The van der Waals surface area contributed by atoms with Crippen molar-refractivity contribution in [1.29, 1.82) is 0 Å². The van der Waals surface area contributed by atoms with Crippen LogP contribution in [0.4, 0.5) is 11.4 Å². The molecule has 0 spiro atoms. The van der Waals surface area contributed by atoms with Crippen molar-refractivity contribution in [3.63, 3.8) is 0 Å². The molecule has 1 aliphatic rings. The molecule has 0 bridgehead atoms. The van der Waals surface area contributed by atoms with E-state index in [0.29, 0.717) is 5.57 Å². The van der Waals surface area contributed by atoms with E-state index in [-0.39, 0.29) is 39.1 Å². The van der Waals surface area contributed by atoms with E-state index in [0.717, 1.165) is 0 Å². The fourth-order valence-corrected chi connectivity index (χ4v) is 4.93. The number of hydrogen-bond acceptors (Lipinski definition) is 5. The number of Topliss-reactive ketones (excluding diaryl/α,β-unsaturated/α-hetero) is 1. The number of anilines is 2. The third kappa shape index (κ3) is 3.81. The van der Waals surface area contributed by atoms with Gasteiger partial charge in [-0.05, 0) is 42.7 Å². The van der Waals surface area contributed by atoms with Crippen molar-refractivity contribution in [2.24, 2.45) is 5.41 Å². The smallest absolute Gasteiger partial charge is 0.258 e. The minimum Gasteiger partial charge on any atom is -0.483 e. The average molecular weight is 452 g/mol. The van der Waals surface area contributed by atoms with Gasteiger partial charge in [-0.2, -0.15) is 0 Å². The zero-order valence-corrected chi connectivity index (χ0v) is 19.4. The topological polar surface area (TPSA) is 80.8 Å². The van der Waals surface area contributed by atoms with E-state index in [4.69, 9.17) is 4.74 Å². The Morgan fingerprint density at radius 3 is 2.28 bits per heavy atom. The number of sulfone groups is 1. The summed E-state index contributed by atoms with van der Waals surface area (Å²) in [5, 5.41) is 0. The summed E-state index contributed by atoms with van der Waals surface area (Å²) in [4.78, 5) is 27.7. The van der Waals surface area contributed by atoms with Crippen LogP contribution in [-0.4, -0.2) is 26.7 Å². The highest BCUT2D eigenvalue weighted by Gasteiger charge is 2.39. The summed E-state index contributed by atoms with van der Waals surface area (Å²) in [5.41, 5.74) is 2.67. The summed E-state index contributed by atoms with van der Waals surface area (Å²) in [7, 11) is -3.91. The zero-order chi connectivity index (χ0) is 23.8. The van der Waals surface area contributed by atoms with E-state index in [9.17, 15) is 18.0 Å². The lowest BCUT2D eigenvalue weighted by Gasteiger charge is -2.34. The molecule has 32 heavy (non-hydrogen) atoms. The minimum atomic E-state index is -3.91. The third-order valence-corrected chi connectivity index (χ3v) is 7.02. The second-order valence-corrected chi connectivity index (χ2v) is 10.2. The number of hydrogen-bond donors (Lipinski definition) is 0. The van der Waals surface area contributed by atoms with Gasteiger partial charge in [0.15, 0.2) is 0 Å². The largest absolute Gasteiger partial charge is 0.483 e. The van der Waals surface area contributed by atoms with Gasteiger partial charge in [0.2, 0.25) is 21.4 Å². The van der Waals surface area contributed by atoms with Crippen molar-refractivity contribution >= 4 is 32.9 Å². The van der Waals surface area contributed by atoms with Crippen molar-refractivity contribution in [3.8, 4) is 0 Å².